The first-order valence-electron chi connectivity index (χ1n) is 12.7. The third-order valence-electron chi connectivity index (χ3n) is 9.75. The summed E-state index contributed by atoms with van der Waals surface area (Å²) in [6, 6.07) is 0. The van der Waals surface area contributed by atoms with Gasteiger partial charge in [0.2, 0.25) is 0 Å². The van der Waals surface area contributed by atoms with Crippen LogP contribution in [0.1, 0.15) is 119 Å². The fraction of sp³-hybridized carbons (Fsp3) is 1.00. The summed E-state index contributed by atoms with van der Waals surface area (Å²) >= 11 is 0. The van der Waals surface area contributed by atoms with Gasteiger partial charge in [0.05, 0.1) is 0 Å². The molecule has 4 aliphatic carbocycles. The van der Waals surface area contributed by atoms with Gasteiger partial charge in [-0.05, 0) is 124 Å². The molecule has 28 heavy (non-hydrogen) atoms. The Hall–Kier alpha value is -0.0800. The Balaban J connectivity index is 0.00000210. The number of rotatable bonds is 3. The first kappa shape index (κ1) is 24.2. The van der Waals surface area contributed by atoms with Crippen LogP contribution in [0.3, 0.4) is 0 Å². The van der Waals surface area contributed by atoms with Crippen molar-refractivity contribution >= 4 is 0 Å². The summed E-state index contributed by atoms with van der Waals surface area (Å²) in [6.45, 7) is 4.94. The lowest BCUT2D eigenvalue weighted by atomic mass is 9.63. The van der Waals surface area contributed by atoms with Crippen LogP contribution in [0, 0.1) is 47.3 Å². The van der Waals surface area contributed by atoms with Gasteiger partial charge in [0.25, 0.3) is 0 Å². The van der Waals surface area contributed by atoms with E-state index >= 15 is 0 Å². The van der Waals surface area contributed by atoms with Gasteiger partial charge in [0, 0.05) is 2.85 Å². The summed E-state index contributed by atoms with van der Waals surface area (Å²) in [6.07, 6.45) is 25.0. The van der Waals surface area contributed by atoms with E-state index in [1.165, 1.54) is 25.7 Å². The first-order chi connectivity index (χ1) is 12.7. The standard InChI is InChI=1S/C26H46.2H2O.2H2/c1-19-3-7-21(8-4-19)23-11-15-25(16-12-23)26-17-13-24(14-18-26)22-9-5-20(2)6-10-22;;;;/h19-26H,3-18H2,1-2H3;2*1H2;2*1H. The molecule has 4 N–H and O–H groups in total. The molecule has 0 aromatic carbocycles. The fourth-order valence-electron chi connectivity index (χ4n) is 7.69. The van der Waals surface area contributed by atoms with Crippen molar-refractivity contribution < 1.29 is 13.8 Å². The van der Waals surface area contributed by atoms with Crippen molar-refractivity contribution in [2.45, 2.75) is 117 Å². The maximum absolute atomic E-state index is 2.47. The molecule has 0 atom stereocenters. The van der Waals surface area contributed by atoms with Crippen LogP contribution in [0.5, 0.6) is 0 Å². The smallest absolute Gasteiger partial charge is 0 e. The topological polar surface area (TPSA) is 63.0 Å². The third kappa shape index (κ3) is 5.97. The molecule has 4 saturated carbocycles. The van der Waals surface area contributed by atoms with Crippen molar-refractivity contribution in [3.05, 3.63) is 0 Å². The van der Waals surface area contributed by atoms with Crippen LogP contribution in [-0.4, -0.2) is 11.0 Å². The summed E-state index contributed by atoms with van der Waals surface area (Å²) in [7, 11) is 0. The number of hydrogen-bond acceptors (Lipinski definition) is 0. The van der Waals surface area contributed by atoms with Crippen LogP contribution >= 0.6 is 0 Å². The second kappa shape index (κ2) is 11.3. The molecule has 0 saturated heterocycles. The Labute approximate surface area is 178 Å². The maximum atomic E-state index is 2.47. The van der Waals surface area contributed by atoms with Crippen molar-refractivity contribution in [2.75, 3.05) is 0 Å². The van der Waals surface area contributed by atoms with Gasteiger partial charge in [-0.25, -0.2) is 0 Å². The Kier molecular flexibility index (Phi) is 9.81. The highest BCUT2D eigenvalue weighted by Crippen LogP contribution is 2.48. The lowest BCUT2D eigenvalue weighted by Gasteiger charge is -2.42. The summed E-state index contributed by atoms with van der Waals surface area (Å²) in [5.74, 6) is 8.70. The van der Waals surface area contributed by atoms with E-state index in [2.05, 4.69) is 13.8 Å². The van der Waals surface area contributed by atoms with Crippen LogP contribution < -0.4 is 0 Å². The van der Waals surface area contributed by atoms with Crippen LogP contribution in [-0.2, 0) is 0 Å². The predicted octanol–water partition coefficient (Wildman–Crippen LogP) is 7.09. The van der Waals surface area contributed by atoms with Crippen molar-refractivity contribution in [1.82, 2.24) is 0 Å². The lowest BCUT2D eigenvalue weighted by Crippen LogP contribution is -2.31. The summed E-state index contributed by atoms with van der Waals surface area (Å²) < 4.78 is 0. The van der Waals surface area contributed by atoms with Crippen molar-refractivity contribution in [3.8, 4) is 0 Å². The monoisotopic (exact) mass is 398 g/mol. The molecule has 0 aromatic heterocycles. The van der Waals surface area contributed by atoms with Crippen molar-refractivity contribution in [1.29, 1.82) is 0 Å². The molecule has 0 aromatic rings. The van der Waals surface area contributed by atoms with Gasteiger partial charge in [-0.1, -0.05) is 39.5 Å². The second-order valence-electron chi connectivity index (χ2n) is 11.4. The van der Waals surface area contributed by atoms with Crippen LogP contribution in [0.2, 0.25) is 0 Å². The molecule has 4 fully saturated rings. The molecule has 2 heteroatoms. The largest absolute Gasteiger partial charge is 0.412 e. The van der Waals surface area contributed by atoms with E-state index in [1.807, 2.05) is 0 Å². The molecule has 0 aliphatic heterocycles. The Bertz CT molecular complexity index is 375. The van der Waals surface area contributed by atoms with Crippen molar-refractivity contribution in [3.63, 3.8) is 0 Å². The molecule has 4 rings (SSSR count). The van der Waals surface area contributed by atoms with Gasteiger partial charge < -0.3 is 11.0 Å². The normalized spacial score (nSPS) is 44.8. The molecule has 0 amide bonds. The number of hydrogen-bond donors (Lipinski definition) is 0. The van der Waals surface area contributed by atoms with Gasteiger partial charge >= 0.3 is 0 Å². The van der Waals surface area contributed by atoms with Crippen molar-refractivity contribution in [2.24, 2.45) is 47.3 Å². The molecular weight excluding hydrogens is 344 g/mol. The van der Waals surface area contributed by atoms with Gasteiger partial charge in [0.1, 0.15) is 0 Å². The minimum atomic E-state index is 0. The molecule has 0 radical (unpaired) electrons. The van der Waals surface area contributed by atoms with Gasteiger partial charge in [0.15, 0.2) is 0 Å². The van der Waals surface area contributed by atoms with E-state index in [1.54, 1.807) is 77.0 Å². The van der Waals surface area contributed by atoms with Gasteiger partial charge in [-0.2, -0.15) is 0 Å². The molecular formula is C26H54O2. The molecule has 0 unspecified atom stereocenters. The minimum absolute atomic E-state index is 0. The molecule has 2 nitrogen and oxygen atoms in total. The zero-order valence-corrected chi connectivity index (χ0v) is 18.9. The predicted molar refractivity (Wildman–Crippen MR) is 125 cm³/mol. The summed E-state index contributed by atoms with van der Waals surface area (Å²) in [4.78, 5) is 0. The average molecular weight is 399 g/mol. The second-order valence-corrected chi connectivity index (χ2v) is 11.4. The van der Waals surface area contributed by atoms with Crippen LogP contribution in [0.4, 0.5) is 0 Å². The molecule has 170 valence electrons. The first-order valence-corrected chi connectivity index (χ1v) is 12.7. The van der Waals surface area contributed by atoms with E-state index in [4.69, 9.17) is 0 Å². The van der Waals surface area contributed by atoms with Crippen LogP contribution in [0.25, 0.3) is 0 Å². The SMILES string of the molecule is CC1CCC(C2CCC(C3CCC(C4CCC(C)CC4)CC3)CC2)CC1.O.O.[HH].[HH]. The Morgan fingerprint density at radius 1 is 0.321 bits per heavy atom. The van der Waals surface area contributed by atoms with Crippen LogP contribution in [0.15, 0.2) is 0 Å². The Morgan fingerprint density at radius 2 is 0.464 bits per heavy atom. The minimum Gasteiger partial charge on any atom is -0.412 e. The zero-order chi connectivity index (χ0) is 17.9. The average Bonchev–Trinajstić information content (AvgIpc) is 2.70. The van der Waals surface area contributed by atoms with E-state index in [9.17, 15) is 0 Å². The fourth-order valence-corrected chi connectivity index (χ4v) is 7.69. The highest BCUT2D eigenvalue weighted by atomic mass is 16.0. The Morgan fingerprint density at radius 3 is 0.643 bits per heavy atom. The maximum Gasteiger partial charge on any atom is 0 e. The molecule has 0 bridgehead atoms. The summed E-state index contributed by atoms with van der Waals surface area (Å²) in [5, 5.41) is 0. The highest BCUT2D eigenvalue weighted by Gasteiger charge is 2.36. The van der Waals surface area contributed by atoms with E-state index in [0.29, 0.717) is 0 Å². The van der Waals surface area contributed by atoms with Gasteiger partial charge in [-0.3, -0.25) is 0 Å². The molecule has 0 heterocycles. The van der Waals surface area contributed by atoms with E-state index in [0.717, 1.165) is 47.3 Å². The van der Waals surface area contributed by atoms with E-state index < -0.39 is 0 Å². The lowest BCUT2D eigenvalue weighted by molar-refractivity contribution is 0.0876. The molecule has 0 spiro atoms. The summed E-state index contributed by atoms with van der Waals surface area (Å²) in [5.41, 5.74) is 0. The highest BCUT2D eigenvalue weighted by molar-refractivity contribution is 4.87. The molecule has 4 aliphatic rings. The third-order valence-corrected chi connectivity index (χ3v) is 9.75. The zero-order valence-electron chi connectivity index (χ0n) is 18.9. The van der Waals surface area contributed by atoms with E-state index in [-0.39, 0.29) is 13.8 Å². The quantitative estimate of drug-likeness (QED) is 0.487. The van der Waals surface area contributed by atoms with Gasteiger partial charge in [-0.15, -0.1) is 0 Å².